The highest BCUT2D eigenvalue weighted by atomic mass is 15.1. The fraction of sp³-hybridized carbons (Fsp3) is 0.938. The highest BCUT2D eigenvalue weighted by Crippen LogP contribution is 2.23. The number of nitriles is 1. The molecular formula is C16H29N3. The molecule has 108 valence electrons. The van der Waals surface area contributed by atoms with E-state index in [0.717, 1.165) is 24.8 Å². The molecule has 0 amide bonds. The summed E-state index contributed by atoms with van der Waals surface area (Å²) in [5, 5.41) is 12.7. The summed E-state index contributed by atoms with van der Waals surface area (Å²) < 4.78 is 0. The highest BCUT2D eigenvalue weighted by molar-refractivity contribution is 4.91. The van der Waals surface area contributed by atoms with Crippen LogP contribution in [0.25, 0.3) is 0 Å². The van der Waals surface area contributed by atoms with E-state index in [1.807, 2.05) is 13.8 Å². The molecule has 2 aliphatic rings. The molecule has 1 heterocycles. The molecule has 3 nitrogen and oxygen atoms in total. The van der Waals surface area contributed by atoms with Crippen LogP contribution in [-0.2, 0) is 0 Å². The van der Waals surface area contributed by atoms with Gasteiger partial charge in [0.05, 0.1) is 11.5 Å². The third-order valence-electron chi connectivity index (χ3n) is 4.56. The number of nitrogens with zero attached hydrogens (tertiary/aromatic N) is 2. The minimum Gasteiger partial charge on any atom is -0.314 e. The summed E-state index contributed by atoms with van der Waals surface area (Å²) in [5.74, 6) is 0.896. The lowest BCUT2D eigenvalue weighted by molar-refractivity contribution is 0.175. The predicted molar refractivity (Wildman–Crippen MR) is 78.8 cm³/mol. The van der Waals surface area contributed by atoms with E-state index in [1.54, 1.807) is 0 Å². The van der Waals surface area contributed by atoms with E-state index in [9.17, 15) is 0 Å². The van der Waals surface area contributed by atoms with Crippen LogP contribution < -0.4 is 5.32 Å². The molecule has 2 fully saturated rings. The van der Waals surface area contributed by atoms with Crippen LogP contribution in [0.3, 0.4) is 0 Å². The van der Waals surface area contributed by atoms with Crippen LogP contribution in [0, 0.1) is 22.7 Å². The Bertz CT molecular complexity index is 306. The summed E-state index contributed by atoms with van der Waals surface area (Å²) in [6, 6.07) is 3.25. The fourth-order valence-electron chi connectivity index (χ4n) is 2.84. The van der Waals surface area contributed by atoms with Gasteiger partial charge in [-0.1, -0.05) is 0 Å². The fourth-order valence-corrected chi connectivity index (χ4v) is 2.84. The minimum absolute atomic E-state index is 0.146. The maximum atomic E-state index is 9.00. The third kappa shape index (κ3) is 5.50. The van der Waals surface area contributed by atoms with Gasteiger partial charge in [-0.2, -0.15) is 5.26 Å². The second-order valence-corrected chi connectivity index (χ2v) is 7.07. The lowest BCUT2D eigenvalue weighted by Crippen LogP contribution is -2.38. The topological polar surface area (TPSA) is 39.1 Å². The summed E-state index contributed by atoms with van der Waals surface area (Å²) in [6.45, 7) is 9.01. The Morgan fingerprint density at radius 2 is 1.89 bits per heavy atom. The molecule has 0 aromatic heterocycles. The zero-order valence-corrected chi connectivity index (χ0v) is 12.6. The van der Waals surface area contributed by atoms with Gasteiger partial charge >= 0.3 is 0 Å². The Morgan fingerprint density at radius 3 is 2.47 bits per heavy atom. The molecule has 1 aliphatic carbocycles. The molecule has 3 heteroatoms. The molecule has 19 heavy (non-hydrogen) atoms. The van der Waals surface area contributed by atoms with Gasteiger partial charge in [-0.05, 0) is 84.5 Å². The van der Waals surface area contributed by atoms with Crippen LogP contribution in [0.4, 0.5) is 0 Å². The Kier molecular flexibility index (Phi) is 5.24. The SMILES string of the molecule is CC(C)(C#N)CCCN1CCC(CNC2CC2)CC1. The Labute approximate surface area is 118 Å². The first-order valence-corrected chi connectivity index (χ1v) is 7.96. The van der Waals surface area contributed by atoms with E-state index in [1.165, 1.54) is 51.9 Å². The minimum atomic E-state index is -0.146. The average molecular weight is 263 g/mol. The van der Waals surface area contributed by atoms with Gasteiger partial charge in [0, 0.05) is 6.04 Å². The third-order valence-corrected chi connectivity index (χ3v) is 4.56. The van der Waals surface area contributed by atoms with Gasteiger partial charge in [-0.3, -0.25) is 0 Å². The van der Waals surface area contributed by atoms with Crippen LogP contribution in [0.2, 0.25) is 0 Å². The molecule has 0 unspecified atom stereocenters. The van der Waals surface area contributed by atoms with Crippen molar-refractivity contribution in [2.24, 2.45) is 11.3 Å². The quantitative estimate of drug-likeness (QED) is 0.767. The van der Waals surface area contributed by atoms with Gasteiger partial charge in [0.25, 0.3) is 0 Å². The lowest BCUT2D eigenvalue weighted by Gasteiger charge is -2.32. The molecule has 0 atom stereocenters. The molecule has 1 saturated carbocycles. The summed E-state index contributed by atoms with van der Waals surface area (Å²) >= 11 is 0. The smallest absolute Gasteiger partial charge is 0.0683 e. The van der Waals surface area contributed by atoms with Crippen molar-refractivity contribution in [2.75, 3.05) is 26.2 Å². The van der Waals surface area contributed by atoms with Gasteiger partial charge in [0.15, 0.2) is 0 Å². The first-order chi connectivity index (χ1) is 9.09. The highest BCUT2D eigenvalue weighted by Gasteiger charge is 2.24. The van der Waals surface area contributed by atoms with E-state index in [2.05, 4.69) is 16.3 Å². The van der Waals surface area contributed by atoms with Gasteiger partial charge in [0.2, 0.25) is 0 Å². The van der Waals surface area contributed by atoms with Crippen LogP contribution in [0.1, 0.15) is 52.4 Å². The summed E-state index contributed by atoms with van der Waals surface area (Å²) in [7, 11) is 0. The van der Waals surface area contributed by atoms with Gasteiger partial charge < -0.3 is 10.2 Å². The summed E-state index contributed by atoms with van der Waals surface area (Å²) in [5.41, 5.74) is -0.146. The van der Waals surface area contributed by atoms with Crippen molar-refractivity contribution in [3.8, 4) is 6.07 Å². The number of nitrogens with one attached hydrogen (secondary N) is 1. The molecule has 2 rings (SSSR count). The molecule has 1 saturated heterocycles. The molecule has 0 bridgehead atoms. The standard InChI is InChI=1S/C16H29N3/c1-16(2,13-17)8-3-9-19-10-6-14(7-11-19)12-18-15-4-5-15/h14-15,18H,3-12H2,1-2H3. The van der Waals surface area contributed by atoms with Gasteiger partial charge in [0.1, 0.15) is 0 Å². The number of hydrogen-bond donors (Lipinski definition) is 1. The Morgan fingerprint density at radius 1 is 1.21 bits per heavy atom. The zero-order valence-electron chi connectivity index (χ0n) is 12.6. The number of rotatable bonds is 7. The Balaban J connectivity index is 1.54. The predicted octanol–water partition coefficient (Wildman–Crippen LogP) is 2.78. The number of piperidine rings is 1. The molecule has 0 aromatic rings. The monoisotopic (exact) mass is 263 g/mol. The van der Waals surface area contributed by atoms with E-state index >= 15 is 0 Å². The summed E-state index contributed by atoms with van der Waals surface area (Å²) in [4.78, 5) is 2.58. The van der Waals surface area contributed by atoms with Crippen LogP contribution >= 0.6 is 0 Å². The van der Waals surface area contributed by atoms with Crippen molar-refractivity contribution in [3.63, 3.8) is 0 Å². The molecule has 0 spiro atoms. The van der Waals surface area contributed by atoms with Crippen molar-refractivity contribution >= 4 is 0 Å². The average Bonchev–Trinajstić information content (AvgIpc) is 3.22. The first kappa shape index (κ1) is 14.8. The van der Waals surface area contributed by atoms with Crippen molar-refractivity contribution < 1.29 is 0 Å². The number of hydrogen-bond acceptors (Lipinski definition) is 3. The molecule has 1 aliphatic heterocycles. The second-order valence-electron chi connectivity index (χ2n) is 7.07. The van der Waals surface area contributed by atoms with Gasteiger partial charge in [-0.25, -0.2) is 0 Å². The van der Waals surface area contributed by atoms with Crippen LogP contribution in [0.15, 0.2) is 0 Å². The Hall–Kier alpha value is -0.590. The van der Waals surface area contributed by atoms with Crippen molar-refractivity contribution in [3.05, 3.63) is 0 Å². The van der Waals surface area contributed by atoms with Crippen LogP contribution in [0.5, 0.6) is 0 Å². The lowest BCUT2D eigenvalue weighted by atomic mass is 9.89. The zero-order chi connectivity index (χ0) is 13.7. The van der Waals surface area contributed by atoms with Crippen molar-refractivity contribution in [2.45, 2.75) is 58.4 Å². The molecule has 0 aromatic carbocycles. The van der Waals surface area contributed by atoms with Crippen molar-refractivity contribution in [1.29, 1.82) is 5.26 Å². The number of likely N-dealkylation sites (tertiary alicyclic amines) is 1. The molecule has 0 radical (unpaired) electrons. The first-order valence-electron chi connectivity index (χ1n) is 7.96. The van der Waals surface area contributed by atoms with E-state index in [-0.39, 0.29) is 5.41 Å². The summed E-state index contributed by atoms with van der Waals surface area (Å²) in [6.07, 6.45) is 7.67. The maximum Gasteiger partial charge on any atom is 0.0683 e. The molecule has 1 N–H and O–H groups in total. The normalized spacial score (nSPS) is 22.4. The van der Waals surface area contributed by atoms with E-state index in [0.29, 0.717) is 0 Å². The second kappa shape index (κ2) is 6.72. The van der Waals surface area contributed by atoms with E-state index in [4.69, 9.17) is 5.26 Å². The largest absolute Gasteiger partial charge is 0.314 e. The van der Waals surface area contributed by atoms with Crippen molar-refractivity contribution in [1.82, 2.24) is 10.2 Å². The van der Waals surface area contributed by atoms with E-state index < -0.39 is 0 Å². The van der Waals surface area contributed by atoms with Gasteiger partial charge in [-0.15, -0.1) is 0 Å². The maximum absolute atomic E-state index is 9.00. The molecular weight excluding hydrogens is 234 g/mol. The van der Waals surface area contributed by atoms with Crippen LogP contribution in [-0.4, -0.2) is 37.1 Å².